The third-order valence-electron chi connectivity index (χ3n) is 2.84. The van der Waals surface area contributed by atoms with Crippen molar-refractivity contribution in [2.45, 2.75) is 20.3 Å². The van der Waals surface area contributed by atoms with Crippen molar-refractivity contribution in [1.29, 1.82) is 0 Å². The molecule has 0 aromatic heterocycles. The number of amides is 1. The van der Waals surface area contributed by atoms with Gasteiger partial charge >= 0.3 is 0 Å². The van der Waals surface area contributed by atoms with Gasteiger partial charge in [0.15, 0.2) is 0 Å². The second kappa shape index (κ2) is 6.28. The van der Waals surface area contributed by atoms with Gasteiger partial charge in [-0.1, -0.05) is 13.0 Å². The van der Waals surface area contributed by atoms with Gasteiger partial charge in [-0.15, -0.1) is 0 Å². The number of aryl methyl sites for hydroxylation is 1. The van der Waals surface area contributed by atoms with Crippen molar-refractivity contribution < 1.29 is 4.79 Å². The van der Waals surface area contributed by atoms with Crippen molar-refractivity contribution >= 4 is 17.3 Å². The Labute approximate surface area is 109 Å². The lowest BCUT2D eigenvalue weighted by molar-refractivity contribution is -0.127. The number of nitrogens with two attached hydrogens (primary N) is 1. The first-order valence-corrected chi connectivity index (χ1v) is 6.27. The maximum absolute atomic E-state index is 11.8. The van der Waals surface area contributed by atoms with Crippen LogP contribution in [0.2, 0.25) is 0 Å². The van der Waals surface area contributed by atoms with E-state index >= 15 is 0 Å². The molecule has 0 heterocycles. The Morgan fingerprint density at radius 1 is 1.33 bits per heavy atom. The van der Waals surface area contributed by atoms with Crippen LogP contribution in [0, 0.1) is 6.92 Å². The molecule has 0 radical (unpaired) electrons. The molecule has 18 heavy (non-hydrogen) atoms. The summed E-state index contributed by atoms with van der Waals surface area (Å²) in [4.78, 5) is 15.5. The van der Waals surface area contributed by atoms with Crippen LogP contribution in [0.25, 0.3) is 0 Å². The van der Waals surface area contributed by atoms with Gasteiger partial charge in [0.1, 0.15) is 0 Å². The Hall–Kier alpha value is -1.71. The highest BCUT2D eigenvalue weighted by molar-refractivity contribution is 5.82. The molecule has 1 rings (SSSR count). The fraction of sp³-hybridized carbons (Fsp3) is 0.500. The number of hydrogen-bond donors (Lipinski definition) is 1. The summed E-state index contributed by atoms with van der Waals surface area (Å²) < 4.78 is 0. The molecule has 0 aliphatic carbocycles. The van der Waals surface area contributed by atoms with E-state index in [4.69, 9.17) is 5.73 Å². The number of carbonyl (C=O) groups is 1. The Morgan fingerprint density at radius 2 is 2.00 bits per heavy atom. The normalized spacial score (nSPS) is 10.2. The monoisotopic (exact) mass is 249 g/mol. The second-order valence-electron chi connectivity index (χ2n) is 4.77. The molecule has 0 spiro atoms. The van der Waals surface area contributed by atoms with Crippen molar-refractivity contribution in [3.05, 3.63) is 23.8 Å². The average Bonchev–Trinajstić information content (AvgIpc) is 2.28. The van der Waals surface area contributed by atoms with E-state index in [-0.39, 0.29) is 5.91 Å². The summed E-state index contributed by atoms with van der Waals surface area (Å²) in [5.41, 5.74) is 8.84. The molecule has 1 amide bonds. The molecule has 2 N–H and O–H groups in total. The van der Waals surface area contributed by atoms with Gasteiger partial charge in [-0.2, -0.15) is 0 Å². The van der Waals surface area contributed by atoms with Crippen LogP contribution in [0.5, 0.6) is 0 Å². The number of benzene rings is 1. The summed E-state index contributed by atoms with van der Waals surface area (Å²) in [6.45, 7) is 5.30. The minimum Gasteiger partial charge on any atom is -0.397 e. The third-order valence-corrected chi connectivity index (χ3v) is 2.84. The van der Waals surface area contributed by atoms with Gasteiger partial charge in [-0.25, -0.2) is 0 Å². The zero-order chi connectivity index (χ0) is 13.7. The standard InChI is InChI=1S/C14H23N3O/c1-5-8-17(10-14(18)16(3)4)13-7-6-11(2)9-12(13)15/h6-7,9H,5,8,10,15H2,1-4H3. The van der Waals surface area contributed by atoms with E-state index in [9.17, 15) is 4.79 Å². The molecule has 0 saturated carbocycles. The number of hydrogen-bond acceptors (Lipinski definition) is 3. The van der Waals surface area contributed by atoms with E-state index in [2.05, 4.69) is 6.92 Å². The summed E-state index contributed by atoms with van der Waals surface area (Å²) in [5.74, 6) is 0.0865. The smallest absolute Gasteiger partial charge is 0.241 e. The summed E-state index contributed by atoms with van der Waals surface area (Å²) >= 11 is 0. The zero-order valence-corrected chi connectivity index (χ0v) is 11.7. The van der Waals surface area contributed by atoms with E-state index < -0.39 is 0 Å². The van der Waals surface area contributed by atoms with E-state index in [0.29, 0.717) is 6.54 Å². The Balaban J connectivity index is 2.93. The largest absolute Gasteiger partial charge is 0.397 e. The predicted octanol–water partition coefficient (Wildman–Crippen LogP) is 1.88. The first-order chi connectivity index (χ1) is 8.45. The summed E-state index contributed by atoms with van der Waals surface area (Å²) in [6, 6.07) is 5.95. The SMILES string of the molecule is CCCN(CC(=O)N(C)C)c1ccc(C)cc1N. The fourth-order valence-electron chi connectivity index (χ4n) is 1.82. The van der Waals surface area contributed by atoms with E-state index in [1.54, 1.807) is 19.0 Å². The zero-order valence-electron chi connectivity index (χ0n) is 11.7. The molecule has 0 atom stereocenters. The van der Waals surface area contributed by atoms with Crippen molar-refractivity contribution in [3.63, 3.8) is 0 Å². The van der Waals surface area contributed by atoms with Gasteiger partial charge in [0.05, 0.1) is 17.9 Å². The Kier molecular flexibility index (Phi) is 5.01. The molecular formula is C14H23N3O. The Bertz CT molecular complexity index is 416. The topological polar surface area (TPSA) is 49.6 Å². The number of nitrogens with zero attached hydrogens (tertiary/aromatic N) is 2. The van der Waals surface area contributed by atoms with Crippen LogP contribution in [-0.2, 0) is 4.79 Å². The van der Waals surface area contributed by atoms with Gasteiger partial charge in [0, 0.05) is 20.6 Å². The summed E-state index contributed by atoms with van der Waals surface area (Å²) in [6.07, 6.45) is 0.980. The minimum absolute atomic E-state index is 0.0865. The number of rotatable bonds is 5. The van der Waals surface area contributed by atoms with Crippen LogP contribution >= 0.6 is 0 Å². The van der Waals surface area contributed by atoms with Gasteiger partial charge < -0.3 is 15.5 Å². The number of anilines is 2. The summed E-state index contributed by atoms with van der Waals surface area (Å²) in [5, 5.41) is 0. The maximum atomic E-state index is 11.8. The van der Waals surface area contributed by atoms with Crippen molar-refractivity contribution in [2.75, 3.05) is 37.8 Å². The van der Waals surface area contributed by atoms with Crippen molar-refractivity contribution in [2.24, 2.45) is 0 Å². The van der Waals surface area contributed by atoms with Crippen LogP contribution in [0.15, 0.2) is 18.2 Å². The average molecular weight is 249 g/mol. The van der Waals surface area contributed by atoms with Gasteiger partial charge in [0.25, 0.3) is 0 Å². The third kappa shape index (κ3) is 3.65. The fourth-order valence-corrected chi connectivity index (χ4v) is 1.82. The van der Waals surface area contributed by atoms with E-state index in [0.717, 1.165) is 29.9 Å². The molecule has 1 aromatic carbocycles. The first-order valence-electron chi connectivity index (χ1n) is 6.27. The van der Waals surface area contributed by atoms with Gasteiger partial charge in [0.2, 0.25) is 5.91 Å². The highest BCUT2D eigenvalue weighted by Gasteiger charge is 2.14. The molecule has 4 heteroatoms. The molecule has 0 unspecified atom stereocenters. The lowest BCUT2D eigenvalue weighted by Gasteiger charge is -2.26. The number of nitrogen functional groups attached to an aromatic ring is 1. The molecule has 100 valence electrons. The lowest BCUT2D eigenvalue weighted by atomic mass is 10.1. The maximum Gasteiger partial charge on any atom is 0.241 e. The van der Waals surface area contributed by atoms with Crippen LogP contribution in [0.3, 0.4) is 0 Å². The van der Waals surface area contributed by atoms with E-state index in [1.165, 1.54) is 0 Å². The first kappa shape index (κ1) is 14.4. The molecule has 4 nitrogen and oxygen atoms in total. The van der Waals surface area contributed by atoms with Gasteiger partial charge in [-0.05, 0) is 31.0 Å². The Morgan fingerprint density at radius 3 is 2.50 bits per heavy atom. The predicted molar refractivity (Wildman–Crippen MR) is 76.8 cm³/mol. The summed E-state index contributed by atoms with van der Waals surface area (Å²) in [7, 11) is 3.54. The van der Waals surface area contributed by atoms with Crippen molar-refractivity contribution in [3.8, 4) is 0 Å². The van der Waals surface area contributed by atoms with Crippen molar-refractivity contribution in [1.82, 2.24) is 4.90 Å². The molecule has 0 saturated heterocycles. The molecule has 1 aromatic rings. The molecule has 0 aliphatic heterocycles. The second-order valence-corrected chi connectivity index (χ2v) is 4.77. The molecule has 0 fully saturated rings. The highest BCUT2D eigenvalue weighted by atomic mass is 16.2. The number of likely N-dealkylation sites (N-methyl/N-ethyl adjacent to an activating group) is 1. The van der Waals surface area contributed by atoms with Crippen LogP contribution in [-0.4, -0.2) is 38.0 Å². The van der Waals surface area contributed by atoms with Crippen LogP contribution < -0.4 is 10.6 Å². The molecule has 0 bridgehead atoms. The lowest BCUT2D eigenvalue weighted by Crippen LogP contribution is -2.37. The van der Waals surface area contributed by atoms with Crippen LogP contribution in [0.1, 0.15) is 18.9 Å². The molecular weight excluding hydrogens is 226 g/mol. The highest BCUT2D eigenvalue weighted by Crippen LogP contribution is 2.24. The van der Waals surface area contributed by atoms with Gasteiger partial charge in [-0.3, -0.25) is 4.79 Å². The number of carbonyl (C=O) groups excluding carboxylic acids is 1. The van der Waals surface area contributed by atoms with Crippen LogP contribution in [0.4, 0.5) is 11.4 Å². The quantitative estimate of drug-likeness (QED) is 0.811. The minimum atomic E-state index is 0.0865. The van der Waals surface area contributed by atoms with E-state index in [1.807, 2.05) is 30.0 Å². The molecule has 0 aliphatic rings.